The summed E-state index contributed by atoms with van der Waals surface area (Å²) in [4.78, 5) is 12.5. The van der Waals surface area contributed by atoms with Crippen molar-refractivity contribution >= 4 is 5.97 Å². The molecule has 4 nitrogen and oxygen atoms in total. The lowest BCUT2D eigenvalue weighted by molar-refractivity contribution is 0.0337. The van der Waals surface area contributed by atoms with Crippen LogP contribution in [0.2, 0.25) is 0 Å². The predicted octanol–water partition coefficient (Wildman–Crippen LogP) is 8.52. The third-order valence-corrected chi connectivity index (χ3v) is 6.10. The van der Waals surface area contributed by atoms with Gasteiger partial charge in [0.2, 0.25) is 0 Å². The highest BCUT2D eigenvalue weighted by Crippen LogP contribution is 2.23. The Kier molecular flexibility index (Phi) is 13.3. The second-order valence-corrected chi connectivity index (χ2v) is 9.66. The molecular weight excluding hydrogens is 462 g/mol. The molecule has 0 heterocycles. The predicted molar refractivity (Wildman–Crippen MR) is 141 cm³/mol. The van der Waals surface area contributed by atoms with Crippen molar-refractivity contribution < 1.29 is 27.8 Å². The van der Waals surface area contributed by atoms with Gasteiger partial charge in [-0.2, -0.15) is 0 Å². The van der Waals surface area contributed by atoms with Gasteiger partial charge in [0.1, 0.15) is 29.5 Å². The Bertz CT molecular complexity index is 868. The number of hydrogen-bond acceptors (Lipinski definition) is 4. The molecule has 0 aromatic heterocycles. The van der Waals surface area contributed by atoms with Crippen LogP contribution in [0.15, 0.2) is 48.5 Å². The van der Waals surface area contributed by atoms with Crippen molar-refractivity contribution in [3.05, 3.63) is 54.1 Å². The summed E-state index contributed by atoms with van der Waals surface area (Å²) < 4.78 is 44.8. The number of carbonyl (C=O) groups excluding carboxylic acids is 1. The Hall–Kier alpha value is -2.63. The van der Waals surface area contributed by atoms with E-state index in [1.807, 2.05) is 0 Å². The Morgan fingerprint density at radius 3 is 1.83 bits per heavy atom. The van der Waals surface area contributed by atoms with E-state index in [9.17, 15) is 13.6 Å². The molecule has 0 aliphatic rings. The molecule has 0 bridgehead atoms. The first-order chi connectivity index (χ1) is 17.3. The lowest BCUT2D eigenvalue weighted by Gasteiger charge is -2.23. The lowest BCUT2D eigenvalue weighted by Crippen LogP contribution is -2.36. The number of benzene rings is 2. The molecule has 0 saturated carbocycles. The Morgan fingerprint density at radius 1 is 0.722 bits per heavy atom. The molecule has 36 heavy (non-hydrogen) atoms. The number of ether oxygens (including phenoxy) is 3. The van der Waals surface area contributed by atoms with Crippen LogP contribution in [-0.4, -0.2) is 31.0 Å². The highest BCUT2D eigenvalue weighted by Gasteiger charge is 2.30. The van der Waals surface area contributed by atoms with Gasteiger partial charge in [-0.1, -0.05) is 65.7 Å². The first-order valence-corrected chi connectivity index (χ1v) is 13.3. The zero-order chi connectivity index (χ0) is 26.3. The first kappa shape index (κ1) is 29.6. The molecule has 0 aliphatic heterocycles. The van der Waals surface area contributed by atoms with Crippen molar-refractivity contribution in [2.24, 2.45) is 5.92 Å². The standard InChI is InChI=1S/C30H42F2O4/c1-5-6-7-8-9-10-11-12-21-34-25-17-19-27(20-18-25)36-30(33)24-13-15-26(16-14-24)35-23(4)29(32)28(31)22(2)3/h13-20,22-23,28-29H,5-12,21H2,1-4H3/t23-,28+,29+/m0/s1. The number of unbranched alkanes of at least 4 members (excludes halogenated alkanes) is 7. The Labute approximate surface area is 215 Å². The summed E-state index contributed by atoms with van der Waals surface area (Å²) in [5.41, 5.74) is 0.326. The zero-order valence-electron chi connectivity index (χ0n) is 22.2. The van der Waals surface area contributed by atoms with Gasteiger partial charge < -0.3 is 14.2 Å². The summed E-state index contributed by atoms with van der Waals surface area (Å²) in [5, 5.41) is 0. The topological polar surface area (TPSA) is 44.8 Å². The third kappa shape index (κ3) is 10.5. The van der Waals surface area contributed by atoms with Gasteiger partial charge in [0.05, 0.1) is 12.2 Å². The van der Waals surface area contributed by atoms with Gasteiger partial charge in [-0.15, -0.1) is 0 Å². The van der Waals surface area contributed by atoms with Gasteiger partial charge in [-0.25, -0.2) is 13.6 Å². The molecule has 0 aliphatic carbocycles. The highest BCUT2D eigenvalue weighted by molar-refractivity contribution is 5.91. The summed E-state index contributed by atoms with van der Waals surface area (Å²) in [6.07, 6.45) is 5.74. The van der Waals surface area contributed by atoms with E-state index < -0.39 is 30.3 Å². The molecule has 2 aromatic rings. The quantitative estimate of drug-likeness (QED) is 0.123. The van der Waals surface area contributed by atoms with Gasteiger partial charge in [-0.05, 0) is 67.8 Å². The number of hydrogen-bond donors (Lipinski definition) is 0. The maximum Gasteiger partial charge on any atom is 0.343 e. The van der Waals surface area contributed by atoms with Crippen LogP contribution in [0.1, 0.15) is 89.4 Å². The fourth-order valence-electron chi connectivity index (χ4n) is 3.77. The molecule has 200 valence electrons. The van der Waals surface area contributed by atoms with Gasteiger partial charge in [0.15, 0.2) is 6.17 Å². The van der Waals surface area contributed by atoms with E-state index in [0.717, 1.165) is 12.2 Å². The van der Waals surface area contributed by atoms with Crippen LogP contribution >= 0.6 is 0 Å². The minimum Gasteiger partial charge on any atom is -0.494 e. The van der Waals surface area contributed by atoms with E-state index in [1.54, 1.807) is 50.2 Å². The van der Waals surface area contributed by atoms with Crippen molar-refractivity contribution in [2.45, 2.75) is 97.5 Å². The fourth-order valence-corrected chi connectivity index (χ4v) is 3.77. The van der Waals surface area contributed by atoms with E-state index in [-0.39, 0.29) is 0 Å². The van der Waals surface area contributed by atoms with Crippen molar-refractivity contribution in [3.63, 3.8) is 0 Å². The summed E-state index contributed by atoms with van der Waals surface area (Å²) in [6, 6.07) is 13.1. The SMILES string of the molecule is CCCCCCCCCCOc1ccc(OC(=O)c2ccc(O[C@@H](C)[C@@H](F)[C@H](F)C(C)C)cc2)cc1. The molecule has 2 aromatic carbocycles. The molecular formula is C30H42F2O4. The smallest absolute Gasteiger partial charge is 0.343 e. The normalized spacial score (nSPS) is 13.8. The third-order valence-electron chi connectivity index (χ3n) is 6.10. The number of rotatable bonds is 17. The van der Waals surface area contributed by atoms with E-state index in [4.69, 9.17) is 14.2 Å². The fraction of sp³-hybridized carbons (Fsp3) is 0.567. The number of carbonyl (C=O) groups is 1. The van der Waals surface area contributed by atoms with Gasteiger partial charge in [0.25, 0.3) is 0 Å². The maximum atomic E-state index is 14.2. The van der Waals surface area contributed by atoms with E-state index in [0.29, 0.717) is 23.7 Å². The minimum absolute atomic E-state index is 0.326. The van der Waals surface area contributed by atoms with Crippen molar-refractivity contribution in [2.75, 3.05) is 6.61 Å². The number of alkyl halides is 2. The average Bonchev–Trinajstić information content (AvgIpc) is 2.88. The molecule has 0 spiro atoms. The minimum atomic E-state index is -1.73. The summed E-state index contributed by atoms with van der Waals surface area (Å²) >= 11 is 0. The molecule has 3 atom stereocenters. The molecule has 0 fully saturated rings. The molecule has 0 unspecified atom stereocenters. The van der Waals surface area contributed by atoms with Crippen molar-refractivity contribution in [3.8, 4) is 17.2 Å². The number of halogens is 2. The highest BCUT2D eigenvalue weighted by atomic mass is 19.2. The van der Waals surface area contributed by atoms with Crippen molar-refractivity contribution in [1.82, 2.24) is 0 Å². The van der Waals surface area contributed by atoms with E-state index in [2.05, 4.69) is 6.92 Å². The van der Waals surface area contributed by atoms with Crippen LogP contribution in [0.25, 0.3) is 0 Å². The van der Waals surface area contributed by atoms with Crippen LogP contribution in [0.3, 0.4) is 0 Å². The molecule has 0 saturated heterocycles. The molecule has 0 radical (unpaired) electrons. The van der Waals surface area contributed by atoms with Crippen molar-refractivity contribution in [1.29, 1.82) is 0 Å². The Balaban J connectivity index is 1.72. The largest absolute Gasteiger partial charge is 0.494 e. The second-order valence-electron chi connectivity index (χ2n) is 9.66. The van der Waals surface area contributed by atoms with Crippen LogP contribution < -0.4 is 14.2 Å². The lowest BCUT2D eigenvalue weighted by atomic mass is 10.0. The molecule has 0 amide bonds. The number of esters is 1. The van der Waals surface area contributed by atoms with E-state index >= 15 is 0 Å². The monoisotopic (exact) mass is 504 g/mol. The zero-order valence-corrected chi connectivity index (χ0v) is 22.2. The summed E-state index contributed by atoms with van der Waals surface area (Å²) in [7, 11) is 0. The molecule has 2 rings (SSSR count). The van der Waals surface area contributed by atoms with Crippen LogP contribution in [0.4, 0.5) is 8.78 Å². The molecule has 0 N–H and O–H groups in total. The average molecular weight is 505 g/mol. The van der Waals surface area contributed by atoms with Crippen LogP contribution in [0.5, 0.6) is 17.2 Å². The van der Waals surface area contributed by atoms with Crippen LogP contribution in [-0.2, 0) is 0 Å². The summed E-state index contributed by atoms with van der Waals surface area (Å²) in [5.74, 6) is 0.562. The molecule has 6 heteroatoms. The van der Waals surface area contributed by atoms with E-state index in [1.165, 1.54) is 64.0 Å². The van der Waals surface area contributed by atoms with Gasteiger partial charge >= 0.3 is 5.97 Å². The maximum absolute atomic E-state index is 14.2. The second kappa shape index (κ2) is 16.2. The summed E-state index contributed by atoms with van der Waals surface area (Å²) in [6.45, 7) is 7.65. The first-order valence-electron chi connectivity index (χ1n) is 13.3. The Morgan fingerprint density at radius 2 is 1.25 bits per heavy atom. The van der Waals surface area contributed by atoms with Gasteiger partial charge in [-0.3, -0.25) is 0 Å². The van der Waals surface area contributed by atoms with Crippen LogP contribution in [0, 0.1) is 5.92 Å². The van der Waals surface area contributed by atoms with Gasteiger partial charge in [0, 0.05) is 0 Å².